The van der Waals surface area contributed by atoms with E-state index in [-0.39, 0.29) is 13.0 Å². The van der Waals surface area contributed by atoms with Crippen LogP contribution in [0.25, 0.3) is 5.57 Å². The number of halogens is 4. The van der Waals surface area contributed by atoms with Crippen molar-refractivity contribution < 1.29 is 32.2 Å². The molecule has 0 saturated heterocycles. The number of esters is 2. The van der Waals surface area contributed by atoms with Gasteiger partial charge in [0, 0.05) is 24.7 Å². The Balaban J connectivity index is 1.38. The predicted molar refractivity (Wildman–Crippen MR) is 123 cm³/mol. The Hall–Kier alpha value is -2.84. The molecule has 34 heavy (non-hydrogen) atoms. The first-order valence-electron chi connectivity index (χ1n) is 10.9. The Labute approximate surface area is 201 Å². The summed E-state index contributed by atoms with van der Waals surface area (Å²) >= 11 is 5.89. The van der Waals surface area contributed by atoms with Crippen LogP contribution in [-0.2, 0) is 20.7 Å². The van der Waals surface area contributed by atoms with E-state index in [4.69, 9.17) is 16.3 Å². The van der Waals surface area contributed by atoms with Gasteiger partial charge in [-0.05, 0) is 60.2 Å². The predicted octanol–water partition coefficient (Wildman–Crippen LogP) is 5.46. The molecule has 182 valence electrons. The van der Waals surface area contributed by atoms with Gasteiger partial charge < -0.3 is 9.47 Å². The van der Waals surface area contributed by atoms with Crippen LogP contribution in [0.1, 0.15) is 30.4 Å². The summed E-state index contributed by atoms with van der Waals surface area (Å²) in [5, 5.41) is 0.725. The lowest BCUT2D eigenvalue weighted by Gasteiger charge is -2.26. The molecule has 0 aromatic heterocycles. The van der Waals surface area contributed by atoms with Crippen LogP contribution in [0.5, 0.6) is 5.75 Å². The molecule has 0 N–H and O–H groups in total. The summed E-state index contributed by atoms with van der Waals surface area (Å²) in [6.07, 6.45) is -0.891. The maximum Gasteiger partial charge on any atom is 0.491 e. The van der Waals surface area contributed by atoms with Crippen LogP contribution in [0.15, 0.2) is 54.6 Å². The molecule has 3 rings (SSSR count). The highest BCUT2D eigenvalue weighted by Crippen LogP contribution is 2.25. The summed E-state index contributed by atoms with van der Waals surface area (Å²) in [4.78, 5) is 24.0. The van der Waals surface area contributed by atoms with Gasteiger partial charge in [0.05, 0.1) is 13.0 Å². The van der Waals surface area contributed by atoms with Crippen LogP contribution < -0.4 is 4.74 Å². The molecular formula is C25H25ClF3NO4. The van der Waals surface area contributed by atoms with Crippen LogP contribution >= 0.6 is 11.6 Å². The Morgan fingerprint density at radius 1 is 1.03 bits per heavy atom. The highest BCUT2D eigenvalue weighted by Gasteiger charge is 2.42. The lowest BCUT2D eigenvalue weighted by atomic mass is 9.99. The van der Waals surface area contributed by atoms with Crippen molar-refractivity contribution in [1.82, 2.24) is 4.90 Å². The molecule has 9 heteroatoms. The van der Waals surface area contributed by atoms with Crippen molar-refractivity contribution in [2.45, 2.75) is 31.9 Å². The molecule has 0 radical (unpaired) electrons. The number of nitrogens with zero attached hydrogens (tertiary/aromatic N) is 1. The number of ether oxygens (including phenoxy) is 2. The molecule has 0 bridgehead atoms. The second-order valence-corrected chi connectivity index (χ2v) is 8.33. The van der Waals surface area contributed by atoms with Gasteiger partial charge in [0.2, 0.25) is 0 Å². The molecule has 0 unspecified atom stereocenters. The maximum absolute atomic E-state index is 12.1. The lowest BCUT2D eigenvalue weighted by molar-refractivity contribution is -0.201. The Morgan fingerprint density at radius 3 is 2.35 bits per heavy atom. The van der Waals surface area contributed by atoms with Crippen molar-refractivity contribution >= 4 is 29.1 Å². The van der Waals surface area contributed by atoms with E-state index in [0.29, 0.717) is 19.7 Å². The quantitative estimate of drug-likeness (QED) is 0.262. The van der Waals surface area contributed by atoms with E-state index < -0.39 is 18.1 Å². The molecule has 2 aromatic rings. The zero-order valence-corrected chi connectivity index (χ0v) is 19.2. The van der Waals surface area contributed by atoms with Crippen LogP contribution in [0, 0.1) is 0 Å². The molecule has 0 amide bonds. The lowest BCUT2D eigenvalue weighted by Crippen LogP contribution is -2.33. The molecule has 2 aromatic carbocycles. The normalized spacial score (nSPS) is 14.4. The van der Waals surface area contributed by atoms with Crippen LogP contribution in [-0.4, -0.2) is 49.3 Å². The summed E-state index contributed by atoms with van der Waals surface area (Å²) in [7, 11) is 0. The molecule has 0 saturated carbocycles. The van der Waals surface area contributed by atoms with Gasteiger partial charge in [0.1, 0.15) is 5.75 Å². The number of aryl methyl sites for hydroxylation is 1. The number of alkyl halides is 3. The highest BCUT2D eigenvalue weighted by atomic mass is 35.5. The van der Waals surface area contributed by atoms with E-state index in [9.17, 15) is 22.8 Å². The number of carbonyl (C=O) groups is 2. The largest absolute Gasteiger partial charge is 0.494 e. The number of rotatable bonds is 9. The van der Waals surface area contributed by atoms with Gasteiger partial charge >= 0.3 is 18.1 Å². The van der Waals surface area contributed by atoms with E-state index in [0.717, 1.165) is 41.2 Å². The van der Waals surface area contributed by atoms with E-state index in [1.807, 2.05) is 59.5 Å². The minimum atomic E-state index is -5.17. The molecule has 0 atom stereocenters. The Kier molecular flexibility index (Phi) is 9.12. The van der Waals surface area contributed by atoms with E-state index in [1.165, 1.54) is 5.56 Å². The van der Waals surface area contributed by atoms with Gasteiger partial charge in [-0.1, -0.05) is 41.9 Å². The first-order valence-corrected chi connectivity index (χ1v) is 11.3. The SMILES string of the molecule is O=C(CCN1CC=C(c2ccc(OCCCc3ccc(Cl)cc3)cc2)CC1)OC(=O)C(F)(F)F. The topological polar surface area (TPSA) is 55.8 Å². The van der Waals surface area contributed by atoms with Gasteiger partial charge in [-0.25, -0.2) is 4.79 Å². The molecule has 1 aliphatic heterocycles. The van der Waals surface area contributed by atoms with Crippen LogP contribution in [0.2, 0.25) is 5.02 Å². The second kappa shape index (κ2) is 12.0. The van der Waals surface area contributed by atoms with Gasteiger partial charge in [-0.3, -0.25) is 9.69 Å². The zero-order chi connectivity index (χ0) is 24.6. The van der Waals surface area contributed by atoms with Gasteiger partial charge in [0.15, 0.2) is 0 Å². The average Bonchev–Trinajstić information content (AvgIpc) is 2.82. The van der Waals surface area contributed by atoms with Gasteiger partial charge in [-0.15, -0.1) is 0 Å². The summed E-state index contributed by atoms with van der Waals surface area (Å²) < 4.78 is 46.0. The van der Waals surface area contributed by atoms with Gasteiger partial charge in [0.25, 0.3) is 0 Å². The van der Waals surface area contributed by atoms with Crippen LogP contribution in [0.3, 0.4) is 0 Å². The molecule has 0 spiro atoms. The first-order chi connectivity index (χ1) is 16.2. The van der Waals surface area contributed by atoms with E-state index >= 15 is 0 Å². The molecule has 5 nitrogen and oxygen atoms in total. The summed E-state index contributed by atoms with van der Waals surface area (Å²) in [6.45, 7) is 2.03. The second-order valence-electron chi connectivity index (χ2n) is 7.89. The Morgan fingerprint density at radius 2 is 1.74 bits per heavy atom. The third-order valence-electron chi connectivity index (χ3n) is 5.38. The van der Waals surface area contributed by atoms with Crippen molar-refractivity contribution in [3.63, 3.8) is 0 Å². The van der Waals surface area contributed by atoms with Crippen molar-refractivity contribution in [1.29, 1.82) is 0 Å². The average molecular weight is 496 g/mol. The minimum absolute atomic E-state index is 0.219. The number of carbonyl (C=O) groups excluding carboxylic acids is 2. The highest BCUT2D eigenvalue weighted by molar-refractivity contribution is 6.30. The van der Waals surface area contributed by atoms with Gasteiger partial charge in [-0.2, -0.15) is 13.2 Å². The van der Waals surface area contributed by atoms with Crippen molar-refractivity contribution in [2.24, 2.45) is 0 Å². The van der Waals surface area contributed by atoms with Crippen molar-refractivity contribution in [2.75, 3.05) is 26.2 Å². The maximum atomic E-state index is 12.1. The van der Waals surface area contributed by atoms with Crippen molar-refractivity contribution in [3.05, 3.63) is 70.8 Å². The van der Waals surface area contributed by atoms with E-state index in [2.05, 4.69) is 4.74 Å². The zero-order valence-electron chi connectivity index (χ0n) is 18.4. The van der Waals surface area contributed by atoms with Crippen LogP contribution in [0.4, 0.5) is 13.2 Å². The summed E-state index contributed by atoms with van der Waals surface area (Å²) in [5.74, 6) is -2.86. The summed E-state index contributed by atoms with van der Waals surface area (Å²) in [6, 6.07) is 15.6. The number of hydrogen-bond donors (Lipinski definition) is 0. The number of hydrogen-bond acceptors (Lipinski definition) is 5. The Bertz CT molecular complexity index is 1000. The summed E-state index contributed by atoms with van der Waals surface area (Å²) in [5.41, 5.74) is 3.44. The van der Waals surface area contributed by atoms with E-state index in [1.54, 1.807) is 0 Å². The fourth-order valence-corrected chi connectivity index (χ4v) is 3.65. The third-order valence-corrected chi connectivity index (χ3v) is 5.63. The fourth-order valence-electron chi connectivity index (χ4n) is 3.52. The van der Waals surface area contributed by atoms with Crippen molar-refractivity contribution in [3.8, 4) is 5.75 Å². The monoisotopic (exact) mass is 495 g/mol. The third kappa shape index (κ3) is 8.18. The molecule has 1 heterocycles. The minimum Gasteiger partial charge on any atom is -0.494 e. The molecule has 0 fully saturated rings. The standard InChI is InChI=1S/C25H25ClF3NO4/c26-21-7-3-18(4-8-21)2-1-17-33-22-9-5-19(6-10-22)20-11-14-30(15-12-20)16-13-23(31)34-24(32)25(27,28)29/h3-11H,1-2,12-17H2. The molecule has 1 aliphatic rings. The first kappa shape index (κ1) is 25.8. The smallest absolute Gasteiger partial charge is 0.491 e. The fraction of sp³-hybridized carbons (Fsp3) is 0.360. The molecular weight excluding hydrogens is 471 g/mol. The number of benzene rings is 2. The molecule has 0 aliphatic carbocycles.